The first kappa shape index (κ1) is 22.4. The molecule has 168 valence electrons. The zero-order chi connectivity index (χ0) is 23.0. The summed E-state index contributed by atoms with van der Waals surface area (Å²) in [4.78, 5) is 24.9. The number of halogens is 6. The second kappa shape index (κ2) is 8.12. The Hall–Kier alpha value is -3.25. The van der Waals surface area contributed by atoms with Crippen molar-refractivity contribution in [1.29, 1.82) is 0 Å². The summed E-state index contributed by atoms with van der Waals surface area (Å²) in [6.45, 7) is 0.0980. The van der Waals surface area contributed by atoms with E-state index in [1.807, 2.05) is 0 Å². The summed E-state index contributed by atoms with van der Waals surface area (Å²) in [6.07, 6.45) is -9.54. The number of carbonyl (C=O) groups excluding carboxylic acids is 1. The van der Waals surface area contributed by atoms with Gasteiger partial charge in [0.25, 0.3) is 0 Å². The fourth-order valence-corrected chi connectivity index (χ4v) is 3.13. The number of alkyl halides is 6. The Morgan fingerprint density at radius 3 is 2.16 bits per heavy atom. The number of nitrogens with zero attached hydrogens (tertiary/aromatic N) is 3. The number of hydrogen-bond acceptors (Lipinski definition) is 4. The lowest BCUT2D eigenvalue weighted by Gasteiger charge is -2.21. The number of aromatic nitrogens is 2. The SMILES string of the molecule is O=C(O)c1cc2n(n1)CCCN(C(=O)CNc1cc(C(F)(F)F)cc(C(F)(F)F)c1)C2. The van der Waals surface area contributed by atoms with Crippen LogP contribution in [0.3, 0.4) is 0 Å². The molecule has 0 atom stereocenters. The van der Waals surface area contributed by atoms with Crippen LogP contribution in [0.5, 0.6) is 0 Å². The van der Waals surface area contributed by atoms with Gasteiger partial charge in [-0.05, 0) is 30.7 Å². The van der Waals surface area contributed by atoms with Gasteiger partial charge in [0.05, 0.1) is 29.9 Å². The van der Waals surface area contributed by atoms with E-state index in [0.29, 0.717) is 30.8 Å². The molecule has 1 aromatic carbocycles. The molecule has 0 aliphatic carbocycles. The molecule has 0 bridgehead atoms. The van der Waals surface area contributed by atoms with E-state index in [0.717, 1.165) is 0 Å². The molecule has 0 radical (unpaired) electrons. The van der Waals surface area contributed by atoms with Crippen LogP contribution in [-0.2, 0) is 30.2 Å². The van der Waals surface area contributed by atoms with E-state index in [-0.39, 0.29) is 24.8 Å². The third kappa shape index (κ3) is 5.27. The number of benzene rings is 1. The Kier molecular flexibility index (Phi) is 5.87. The third-order valence-electron chi connectivity index (χ3n) is 4.62. The number of carbonyl (C=O) groups is 2. The Morgan fingerprint density at radius 1 is 1.00 bits per heavy atom. The van der Waals surface area contributed by atoms with Crippen molar-refractivity contribution in [2.45, 2.75) is 31.9 Å². The van der Waals surface area contributed by atoms with Crippen LogP contribution in [0.2, 0.25) is 0 Å². The van der Waals surface area contributed by atoms with Crippen LogP contribution in [0.15, 0.2) is 24.3 Å². The normalized spacial score (nSPS) is 14.7. The van der Waals surface area contributed by atoms with Crippen molar-refractivity contribution in [1.82, 2.24) is 14.7 Å². The van der Waals surface area contributed by atoms with Crippen molar-refractivity contribution in [3.05, 3.63) is 46.8 Å². The number of anilines is 1. The summed E-state index contributed by atoms with van der Waals surface area (Å²) in [7, 11) is 0. The molecule has 1 aromatic heterocycles. The highest BCUT2D eigenvalue weighted by Crippen LogP contribution is 2.37. The van der Waals surface area contributed by atoms with Gasteiger partial charge in [-0.2, -0.15) is 31.4 Å². The van der Waals surface area contributed by atoms with Crippen molar-refractivity contribution >= 4 is 17.6 Å². The Morgan fingerprint density at radius 2 is 1.61 bits per heavy atom. The average Bonchev–Trinajstić information content (AvgIpc) is 2.96. The van der Waals surface area contributed by atoms with Crippen molar-refractivity contribution in [2.75, 3.05) is 18.4 Å². The molecule has 0 fully saturated rings. The largest absolute Gasteiger partial charge is 0.476 e. The van der Waals surface area contributed by atoms with Crippen molar-refractivity contribution < 1.29 is 41.0 Å². The summed E-state index contributed by atoms with van der Waals surface area (Å²) in [5.41, 5.74) is -3.20. The lowest BCUT2D eigenvalue weighted by molar-refractivity contribution is -0.143. The number of fused-ring (bicyclic) bond motifs is 1. The van der Waals surface area contributed by atoms with Crippen LogP contribution in [-0.4, -0.2) is 44.8 Å². The minimum atomic E-state index is -4.99. The third-order valence-corrected chi connectivity index (χ3v) is 4.62. The van der Waals surface area contributed by atoms with E-state index in [1.165, 1.54) is 15.6 Å². The molecule has 0 saturated carbocycles. The maximum absolute atomic E-state index is 13.0. The second-order valence-electron chi connectivity index (χ2n) is 6.87. The summed E-state index contributed by atoms with van der Waals surface area (Å²) in [5, 5.41) is 15.3. The summed E-state index contributed by atoms with van der Waals surface area (Å²) >= 11 is 0. The Bertz CT molecular complexity index is 967. The average molecular weight is 450 g/mol. The van der Waals surface area contributed by atoms with Gasteiger partial charge in [-0.25, -0.2) is 4.79 Å². The number of aromatic carboxylic acids is 1. The van der Waals surface area contributed by atoms with E-state index in [4.69, 9.17) is 5.11 Å². The maximum atomic E-state index is 13.0. The summed E-state index contributed by atoms with van der Waals surface area (Å²) in [5.74, 6) is -1.80. The van der Waals surface area contributed by atoms with E-state index < -0.39 is 47.6 Å². The number of hydrogen-bond donors (Lipinski definition) is 2. The van der Waals surface area contributed by atoms with Crippen molar-refractivity contribution in [3.63, 3.8) is 0 Å². The number of carboxylic acids is 1. The molecule has 2 heterocycles. The molecule has 13 heteroatoms. The van der Waals surface area contributed by atoms with E-state index in [2.05, 4.69) is 10.4 Å². The number of carboxylic acid groups (broad SMARTS) is 1. The van der Waals surface area contributed by atoms with Gasteiger partial charge in [-0.15, -0.1) is 0 Å². The first-order chi connectivity index (χ1) is 14.3. The molecular weight excluding hydrogens is 434 g/mol. The van der Waals surface area contributed by atoms with Gasteiger partial charge in [-0.1, -0.05) is 0 Å². The first-order valence-corrected chi connectivity index (χ1v) is 8.96. The van der Waals surface area contributed by atoms with Gasteiger partial charge in [0.15, 0.2) is 5.69 Å². The molecule has 7 nitrogen and oxygen atoms in total. The van der Waals surface area contributed by atoms with Crippen LogP contribution in [0.25, 0.3) is 0 Å². The molecule has 1 aliphatic rings. The van der Waals surface area contributed by atoms with Gasteiger partial charge < -0.3 is 15.3 Å². The number of nitrogens with one attached hydrogen (secondary N) is 1. The van der Waals surface area contributed by atoms with E-state index >= 15 is 0 Å². The molecule has 2 aromatic rings. The Balaban J connectivity index is 1.74. The second-order valence-corrected chi connectivity index (χ2v) is 6.87. The zero-order valence-corrected chi connectivity index (χ0v) is 15.7. The monoisotopic (exact) mass is 450 g/mol. The highest BCUT2D eigenvalue weighted by molar-refractivity contribution is 5.85. The fourth-order valence-electron chi connectivity index (χ4n) is 3.13. The zero-order valence-electron chi connectivity index (χ0n) is 15.7. The van der Waals surface area contributed by atoms with Crippen LogP contribution in [0.1, 0.15) is 33.7 Å². The molecule has 1 amide bonds. The Labute approximate surface area is 171 Å². The predicted octanol–water partition coefficient (Wildman–Crippen LogP) is 3.46. The van der Waals surface area contributed by atoms with Gasteiger partial charge in [0.2, 0.25) is 5.91 Å². The molecule has 0 saturated heterocycles. The van der Waals surface area contributed by atoms with Gasteiger partial charge in [0.1, 0.15) is 0 Å². The van der Waals surface area contributed by atoms with Crippen molar-refractivity contribution in [2.24, 2.45) is 0 Å². The van der Waals surface area contributed by atoms with Crippen molar-refractivity contribution in [3.8, 4) is 0 Å². The van der Waals surface area contributed by atoms with Crippen LogP contribution >= 0.6 is 0 Å². The molecular formula is C18H16F6N4O3. The van der Waals surface area contributed by atoms with Crippen LogP contribution in [0.4, 0.5) is 32.0 Å². The predicted molar refractivity (Wildman–Crippen MR) is 94.2 cm³/mol. The lowest BCUT2D eigenvalue weighted by Crippen LogP contribution is -2.35. The first-order valence-electron chi connectivity index (χ1n) is 8.96. The number of amides is 1. The lowest BCUT2D eigenvalue weighted by atomic mass is 10.1. The van der Waals surface area contributed by atoms with Gasteiger partial charge in [0, 0.05) is 18.8 Å². The smallest absolute Gasteiger partial charge is 0.416 e. The molecule has 0 spiro atoms. The molecule has 31 heavy (non-hydrogen) atoms. The summed E-state index contributed by atoms with van der Waals surface area (Å²) in [6, 6.07) is 2.31. The topological polar surface area (TPSA) is 87.5 Å². The van der Waals surface area contributed by atoms with E-state index in [1.54, 1.807) is 0 Å². The molecule has 1 aliphatic heterocycles. The highest BCUT2D eigenvalue weighted by Gasteiger charge is 2.37. The maximum Gasteiger partial charge on any atom is 0.416 e. The fraction of sp³-hybridized carbons (Fsp3) is 0.389. The standard InChI is InChI=1S/C18H16F6N4O3/c19-17(20,21)10-4-11(18(22,23)24)6-12(5-10)25-8-15(29)27-2-1-3-28-13(9-27)7-14(26-28)16(30)31/h4-7,25H,1-3,8-9H2,(H,30,31). The van der Waals surface area contributed by atoms with Gasteiger partial charge >= 0.3 is 18.3 Å². The minimum Gasteiger partial charge on any atom is -0.476 e. The minimum absolute atomic E-state index is 0.00297. The van der Waals surface area contributed by atoms with Crippen LogP contribution < -0.4 is 5.32 Å². The number of rotatable bonds is 4. The quantitative estimate of drug-likeness (QED) is 0.697. The van der Waals surface area contributed by atoms with Crippen LogP contribution in [0, 0.1) is 0 Å². The summed E-state index contributed by atoms with van der Waals surface area (Å²) < 4.78 is 79.2. The highest BCUT2D eigenvalue weighted by atomic mass is 19.4. The molecule has 2 N–H and O–H groups in total. The number of aryl methyl sites for hydroxylation is 1. The molecule has 3 rings (SSSR count). The molecule has 0 unspecified atom stereocenters. The van der Waals surface area contributed by atoms with E-state index in [9.17, 15) is 35.9 Å². The van der Waals surface area contributed by atoms with Gasteiger partial charge in [-0.3, -0.25) is 9.48 Å².